The molecular formula is C16H20F2N4OS. The van der Waals surface area contributed by atoms with Crippen molar-refractivity contribution in [1.29, 1.82) is 0 Å². The van der Waals surface area contributed by atoms with Gasteiger partial charge in [-0.2, -0.15) is 4.98 Å². The standard InChI is InChI=1S/C16H20F2N4OS/c1-3-4-19-16(24)22-14-13(18)8-20-15(21-14)23-9-11-5-10(2)6-12(17)7-11/h5-8,16,19,24H,3-4,9H2,1-2H3,(H,20,21,22). The summed E-state index contributed by atoms with van der Waals surface area (Å²) in [5.41, 5.74) is 0.982. The lowest BCUT2D eigenvalue weighted by atomic mass is 10.1. The predicted molar refractivity (Wildman–Crippen MR) is 92.1 cm³/mol. The Labute approximate surface area is 145 Å². The van der Waals surface area contributed by atoms with E-state index >= 15 is 0 Å². The van der Waals surface area contributed by atoms with E-state index < -0.39 is 11.3 Å². The number of anilines is 1. The number of thiol groups is 1. The van der Waals surface area contributed by atoms with Crippen LogP contribution < -0.4 is 15.4 Å². The molecule has 1 unspecified atom stereocenters. The number of nitrogens with zero attached hydrogens (tertiary/aromatic N) is 2. The van der Waals surface area contributed by atoms with Gasteiger partial charge in [0.15, 0.2) is 11.6 Å². The van der Waals surface area contributed by atoms with Crippen LogP contribution in [0.1, 0.15) is 24.5 Å². The first-order valence-electron chi connectivity index (χ1n) is 7.57. The third-order valence-electron chi connectivity index (χ3n) is 3.05. The maximum absolute atomic E-state index is 13.8. The Hall–Kier alpha value is -1.93. The lowest BCUT2D eigenvalue weighted by Gasteiger charge is -2.15. The number of aromatic nitrogens is 2. The highest BCUT2D eigenvalue weighted by Gasteiger charge is 2.11. The summed E-state index contributed by atoms with van der Waals surface area (Å²) in [6, 6.07) is 4.59. The van der Waals surface area contributed by atoms with Crippen LogP contribution in [0.5, 0.6) is 6.01 Å². The van der Waals surface area contributed by atoms with Crippen molar-refractivity contribution in [3.63, 3.8) is 0 Å². The fourth-order valence-corrected chi connectivity index (χ4v) is 2.28. The normalized spacial score (nSPS) is 12.0. The smallest absolute Gasteiger partial charge is 0.318 e. The second-order valence-electron chi connectivity index (χ2n) is 5.28. The van der Waals surface area contributed by atoms with E-state index in [4.69, 9.17) is 4.74 Å². The molecule has 24 heavy (non-hydrogen) atoms. The number of ether oxygens (including phenoxy) is 1. The molecule has 2 aromatic rings. The van der Waals surface area contributed by atoms with E-state index in [1.54, 1.807) is 13.0 Å². The van der Waals surface area contributed by atoms with Crippen molar-refractivity contribution in [3.8, 4) is 6.01 Å². The molecule has 1 aromatic carbocycles. The highest BCUT2D eigenvalue weighted by molar-refractivity contribution is 7.81. The van der Waals surface area contributed by atoms with E-state index in [-0.39, 0.29) is 24.3 Å². The molecule has 1 aromatic heterocycles. The van der Waals surface area contributed by atoms with Gasteiger partial charge in [-0.05, 0) is 43.1 Å². The van der Waals surface area contributed by atoms with Gasteiger partial charge in [0.2, 0.25) is 0 Å². The second kappa shape index (κ2) is 8.79. The zero-order valence-corrected chi connectivity index (χ0v) is 14.4. The summed E-state index contributed by atoms with van der Waals surface area (Å²) in [5.74, 6) is -0.962. The molecule has 2 N–H and O–H groups in total. The third-order valence-corrected chi connectivity index (χ3v) is 3.36. The quantitative estimate of drug-likeness (QED) is 0.502. The van der Waals surface area contributed by atoms with Gasteiger partial charge in [-0.25, -0.2) is 13.8 Å². The van der Waals surface area contributed by atoms with E-state index in [1.807, 2.05) is 6.92 Å². The molecule has 8 heteroatoms. The fraction of sp³-hybridized carbons (Fsp3) is 0.375. The SMILES string of the molecule is CCCNC(S)Nc1nc(OCc2cc(C)cc(F)c2)ncc1F. The van der Waals surface area contributed by atoms with Crippen molar-refractivity contribution in [2.45, 2.75) is 32.4 Å². The molecule has 2 rings (SSSR count). The van der Waals surface area contributed by atoms with E-state index in [2.05, 4.69) is 33.2 Å². The summed E-state index contributed by atoms with van der Waals surface area (Å²) in [6.07, 6.45) is 1.94. The van der Waals surface area contributed by atoms with Crippen LogP contribution in [0.25, 0.3) is 0 Å². The van der Waals surface area contributed by atoms with E-state index in [0.29, 0.717) is 5.56 Å². The van der Waals surface area contributed by atoms with Gasteiger partial charge in [0.1, 0.15) is 17.9 Å². The molecule has 1 atom stereocenters. The van der Waals surface area contributed by atoms with Crippen molar-refractivity contribution in [2.75, 3.05) is 11.9 Å². The number of nitrogens with one attached hydrogen (secondary N) is 2. The van der Waals surface area contributed by atoms with Crippen molar-refractivity contribution in [1.82, 2.24) is 15.3 Å². The molecule has 0 aliphatic carbocycles. The van der Waals surface area contributed by atoms with Crippen LogP contribution in [0, 0.1) is 18.6 Å². The van der Waals surface area contributed by atoms with Crippen LogP contribution in [0.3, 0.4) is 0 Å². The van der Waals surface area contributed by atoms with Crippen LogP contribution in [0.15, 0.2) is 24.4 Å². The summed E-state index contributed by atoms with van der Waals surface area (Å²) >= 11 is 4.26. The maximum atomic E-state index is 13.8. The number of hydrogen-bond donors (Lipinski definition) is 3. The molecule has 1 heterocycles. The molecule has 0 spiro atoms. The Morgan fingerprint density at radius 3 is 2.79 bits per heavy atom. The van der Waals surface area contributed by atoms with Crippen LogP contribution in [-0.2, 0) is 6.61 Å². The maximum Gasteiger partial charge on any atom is 0.318 e. The molecule has 130 valence electrons. The summed E-state index contributed by atoms with van der Waals surface area (Å²) in [4.78, 5) is 7.76. The van der Waals surface area contributed by atoms with E-state index in [0.717, 1.165) is 24.7 Å². The third kappa shape index (κ3) is 5.61. The van der Waals surface area contributed by atoms with Gasteiger partial charge in [-0.15, -0.1) is 12.6 Å². The Balaban J connectivity index is 2.02. The largest absolute Gasteiger partial charge is 0.459 e. The molecule has 0 amide bonds. The van der Waals surface area contributed by atoms with Crippen molar-refractivity contribution in [2.24, 2.45) is 0 Å². The van der Waals surface area contributed by atoms with Gasteiger partial charge in [-0.1, -0.05) is 13.0 Å². The first-order chi connectivity index (χ1) is 11.5. The van der Waals surface area contributed by atoms with Gasteiger partial charge in [-0.3, -0.25) is 5.32 Å². The Bertz CT molecular complexity index is 667. The van der Waals surface area contributed by atoms with Gasteiger partial charge >= 0.3 is 6.01 Å². The molecule has 0 aliphatic heterocycles. The zero-order valence-electron chi connectivity index (χ0n) is 13.5. The van der Waals surface area contributed by atoms with Gasteiger partial charge < -0.3 is 10.1 Å². The number of aryl methyl sites for hydroxylation is 1. The number of hydrogen-bond acceptors (Lipinski definition) is 6. The van der Waals surface area contributed by atoms with Gasteiger partial charge in [0, 0.05) is 0 Å². The lowest BCUT2D eigenvalue weighted by Crippen LogP contribution is -2.32. The highest BCUT2D eigenvalue weighted by Crippen LogP contribution is 2.16. The average Bonchev–Trinajstić information content (AvgIpc) is 2.53. The lowest BCUT2D eigenvalue weighted by molar-refractivity contribution is 0.279. The number of rotatable bonds is 8. The minimum absolute atomic E-state index is 0.00293. The molecule has 0 fully saturated rings. The highest BCUT2D eigenvalue weighted by atomic mass is 32.1. The van der Waals surface area contributed by atoms with E-state index in [9.17, 15) is 8.78 Å². The Morgan fingerprint density at radius 1 is 1.29 bits per heavy atom. The first-order valence-corrected chi connectivity index (χ1v) is 8.09. The molecule has 0 saturated heterocycles. The summed E-state index contributed by atoms with van der Waals surface area (Å²) < 4.78 is 32.5. The van der Waals surface area contributed by atoms with Crippen LogP contribution >= 0.6 is 12.6 Å². The van der Waals surface area contributed by atoms with E-state index in [1.165, 1.54) is 12.1 Å². The minimum Gasteiger partial charge on any atom is -0.459 e. The van der Waals surface area contributed by atoms with Gasteiger partial charge in [0.25, 0.3) is 0 Å². The first kappa shape index (κ1) is 18.4. The summed E-state index contributed by atoms with van der Waals surface area (Å²) in [5, 5.41) is 5.83. The Morgan fingerprint density at radius 2 is 2.08 bits per heavy atom. The number of benzene rings is 1. The molecular weight excluding hydrogens is 334 g/mol. The zero-order chi connectivity index (χ0) is 17.5. The Kier molecular flexibility index (Phi) is 6.74. The summed E-state index contributed by atoms with van der Waals surface area (Å²) in [6.45, 7) is 4.62. The van der Waals surface area contributed by atoms with Crippen LogP contribution in [0.4, 0.5) is 14.6 Å². The van der Waals surface area contributed by atoms with Crippen molar-refractivity contribution < 1.29 is 13.5 Å². The molecule has 5 nitrogen and oxygen atoms in total. The minimum atomic E-state index is -0.610. The molecule has 0 radical (unpaired) electrons. The molecule has 0 saturated carbocycles. The second-order valence-corrected chi connectivity index (χ2v) is 5.79. The van der Waals surface area contributed by atoms with Crippen molar-refractivity contribution in [3.05, 3.63) is 47.2 Å². The van der Waals surface area contributed by atoms with Gasteiger partial charge in [0.05, 0.1) is 6.20 Å². The molecule has 0 aliphatic rings. The molecule has 0 bridgehead atoms. The van der Waals surface area contributed by atoms with Crippen LogP contribution in [-0.4, -0.2) is 22.0 Å². The average molecular weight is 354 g/mol. The number of halogens is 2. The fourth-order valence-electron chi connectivity index (χ4n) is 2.03. The topological polar surface area (TPSA) is 59.1 Å². The predicted octanol–water partition coefficient (Wildman–Crippen LogP) is 3.27. The monoisotopic (exact) mass is 354 g/mol. The van der Waals surface area contributed by atoms with Crippen LogP contribution in [0.2, 0.25) is 0 Å². The van der Waals surface area contributed by atoms with Crippen molar-refractivity contribution >= 4 is 18.4 Å². The summed E-state index contributed by atoms with van der Waals surface area (Å²) in [7, 11) is 0.